The number of benzene rings is 2. The molecule has 1 amide bonds. The third kappa shape index (κ3) is 3.84. The molecule has 2 aliphatic rings. The van der Waals surface area contributed by atoms with Crippen LogP contribution in [-0.2, 0) is 11.2 Å². The van der Waals surface area contributed by atoms with Crippen LogP contribution in [0.1, 0.15) is 17.2 Å². The summed E-state index contributed by atoms with van der Waals surface area (Å²) in [6.07, 6.45) is 0.653. The topological polar surface area (TPSA) is 56.6 Å². The average molecular weight is 396 g/mol. The minimum Gasteiger partial charge on any atom is -0.492 e. The first-order chi connectivity index (χ1) is 13.7. The maximum atomic E-state index is 13.0. The lowest BCUT2D eigenvalue weighted by Crippen LogP contribution is -2.52. The molecule has 0 saturated carbocycles. The molecule has 0 aromatic heterocycles. The second kappa shape index (κ2) is 8.22. The van der Waals surface area contributed by atoms with Crippen LogP contribution in [0.15, 0.2) is 48.5 Å². The Labute approximate surface area is 170 Å². The van der Waals surface area contributed by atoms with Gasteiger partial charge in [0.2, 0.25) is 5.91 Å². The van der Waals surface area contributed by atoms with Crippen molar-refractivity contribution in [3.05, 3.63) is 64.7 Å². The monoisotopic (exact) mass is 395 g/mol. The van der Waals surface area contributed by atoms with Gasteiger partial charge in [-0.25, -0.2) is 0 Å². The van der Waals surface area contributed by atoms with Gasteiger partial charge in [-0.1, -0.05) is 41.9 Å². The van der Waals surface area contributed by atoms with Crippen molar-refractivity contribution < 1.29 is 9.53 Å². The van der Waals surface area contributed by atoms with Gasteiger partial charge in [0, 0.05) is 31.2 Å². The van der Waals surface area contributed by atoms with Crippen LogP contribution < -0.4 is 4.74 Å². The molecule has 1 saturated heterocycles. The number of hydrogen-bond donors (Lipinski definition) is 0. The molecule has 2 unspecified atom stereocenters. The molecule has 2 atom stereocenters. The maximum absolute atomic E-state index is 13.0. The molecule has 2 aliphatic heterocycles. The quantitative estimate of drug-likeness (QED) is 0.800. The van der Waals surface area contributed by atoms with E-state index in [1.54, 1.807) is 6.07 Å². The molecule has 5 nitrogen and oxygen atoms in total. The summed E-state index contributed by atoms with van der Waals surface area (Å²) in [6, 6.07) is 17.5. The molecule has 0 aliphatic carbocycles. The Morgan fingerprint density at radius 2 is 1.89 bits per heavy atom. The number of nitrogens with zero attached hydrogens (tertiary/aromatic N) is 3. The van der Waals surface area contributed by atoms with E-state index in [0.29, 0.717) is 44.2 Å². The molecule has 4 rings (SSSR count). The summed E-state index contributed by atoms with van der Waals surface area (Å²) < 4.78 is 5.78. The minimum atomic E-state index is -0.273. The Hall–Kier alpha value is -2.55. The number of ether oxygens (including phenoxy) is 1. The number of piperazine rings is 1. The number of hydrogen-bond acceptors (Lipinski definition) is 4. The van der Waals surface area contributed by atoms with Gasteiger partial charge < -0.3 is 9.64 Å². The molecule has 0 spiro atoms. The van der Waals surface area contributed by atoms with Gasteiger partial charge in [0.05, 0.1) is 12.0 Å². The molecule has 2 aromatic carbocycles. The fourth-order valence-electron chi connectivity index (χ4n) is 3.98. The Morgan fingerprint density at radius 3 is 2.61 bits per heavy atom. The van der Waals surface area contributed by atoms with E-state index in [2.05, 4.69) is 11.0 Å². The highest BCUT2D eigenvalue weighted by molar-refractivity contribution is 6.30. The first-order valence-electron chi connectivity index (χ1n) is 9.54. The fourth-order valence-corrected chi connectivity index (χ4v) is 4.18. The summed E-state index contributed by atoms with van der Waals surface area (Å²) in [7, 11) is 0. The van der Waals surface area contributed by atoms with Crippen molar-refractivity contribution in [2.45, 2.75) is 12.5 Å². The number of fused-ring (bicyclic) bond motifs is 1. The van der Waals surface area contributed by atoms with Crippen LogP contribution in [0.25, 0.3) is 0 Å². The number of carbonyl (C=O) groups excluding carboxylic acids is 1. The van der Waals surface area contributed by atoms with Crippen molar-refractivity contribution in [1.29, 1.82) is 5.26 Å². The van der Waals surface area contributed by atoms with Crippen LogP contribution in [0, 0.1) is 17.2 Å². The van der Waals surface area contributed by atoms with Crippen molar-refractivity contribution in [3.63, 3.8) is 0 Å². The lowest BCUT2D eigenvalue weighted by molar-refractivity contribution is -0.138. The van der Waals surface area contributed by atoms with E-state index in [1.165, 1.54) is 0 Å². The van der Waals surface area contributed by atoms with E-state index in [-0.39, 0.29) is 17.9 Å². The second-order valence-corrected chi connectivity index (χ2v) is 7.70. The van der Waals surface area contributed by atoms with Gasteiger partial charge in [0.1, 0.15) is 18.4 Å². The summed E-state index contributed by atoms with van der Waals surface area (Å²) in [6.45, 7) is 3.04. The number of rotatable bonds is 3. The van der Waals surface area contributed by atoms with Gasteiger partial charge in [0.25, 0.3) is 0 Å². The highest BCUT2D eigenvalue weighted by Crippen LogP contribution is 2.31. The van der Waals surface area contributed by atoms with Crippen LogP contribution in [0.4, 0.5) is 0 Å². The smallest absolute Gasteiger partial charge is 0.229 e. The van der Waals surface area contributed by atoms with Gasteiger partial charge in [-0.05, 0) is 35.7 Å². The SMILES string of the molecule is N#CC(c1ccccc1)N1CCN(C(=O)C2COc3ccc(Cl)cc3C2)CC1. The Bertz CT molecular complexity index is 888. The van der Waals surface area contributed by atoms with Gasteiger partial charge in [-0.2, -0.15) is 5.26 Å². The van der Waals surface area contributed by atoms with Gasteiger partial charge in [-0.15, -0.1) is 0 Å². The predicted molar refractivity (Wildman–Crippen MR) is 107 cm³/mol. The van der Waals surface area contributed by atoms with Crippen molar-refractivity contribution >= 4 is 17.5 Å². The Balaban J connectivity index is 1.37. The van der Waals surface area contributed by atoms with Crippen molar-refractivity contribution in [3.8, 4) is 11.8 Å². The first kappa shape index (κ1) is 18.8. The molecule has 1 fully saturated rings. The number of halogens is 1. The van der Waals surface area contributed by atoms with Crippen LogP contribution in [0.5, 0.6) is 5.75 Å². The van der Waals surface area contributed by atoms with Crippen molar-refractivity contribution in [2.75, 3.05) is 32.8 Å². The maximum Gasteiger partial charge on any atom is 0.229 e. The Morgan fingerprint density at radius 1 is 1.14 bits per heavy atom. The standard InChI is InChI=1S/C22H22ClN3O2/c23-19-6-7-21-17(13-19)12-18(15-28-21)22(27)26-10-8-25(9-11-26)20(14-24)16-4-2-1-3-5-16/h1-7,13,18,20H,8-12,15H2. The third-order valence-corrected chi connectivity index (χ3v) is 5.74. The zero-order valence-corrected chi connectivity index (χ0v) is 16.3. The molecule has 28 heavy (non-hydrogen) atoms. The van der Waals surface area contributed by atoms with Crippen LogP contribution in [0.2, 0.25) is 5.02 Å². The normalized spacial score (nSPS) is 20.6. The zero-order valence-electron chi connectivity index (χ0n) is 15.6. The van der Waals surface area contributed by atoms with Gasteiger partial charge in [0.15, 0.2) is 0 Å². The fraction of sp³-hybridized carbons (Fsp3) is 0.364. The predicted octanol–water partition coefficient (Wildman–Crippen LogP) is 3.30. The molecular formula is C22H22ClN3O2. The highest BCUT2D eigenvalue weighted by atomic mass is 35.5. The molecule has 6 heteroatoms. The molecule has 0 radical (unpaired) electrons. The minimum absolute atomic E-state index is 0.124. The zero-order chi connectivity index (χ0) is 19.5. The van der Waals surface area contributed by atoms with Gasteiger partial charge >= 0.3 is 0 Å². The van der Waals surface area contributed by atoms with Crippen LogP contribution in [-0.4, -0.2) is 48.5 Å². The molecular weight excluding hydrogens is 374 g/mol. The largest absolute Gasteiger partial charge is 0.492 e. The van der Waals surface area contributed by atoms with Crippen LogP contribution >= 0.6 is 11.6 Å². The first-order valence-corrected chi connectivity index (χ1v) is 9.92. The number of amides is 1. The van der Waals surface area contributed by atoms with E-state index in [4.69, 9.17) is 16.3 Å². The summed E-state index contributed by atoms with van der Waals surface area (Å²) in [5, 5.41) is 10.3. The second-order valence-electron chi connectivity index (χ2n) is 7.27. The summed E-state index contributed by atoms with van der Waals surface area (Å²) in [4.78, 5) is 17.0. The average Bonchev–Trinajstić information content (AvgIpc) is 2.74. The molecule has 0 bridgehead atoms. The Kier molecular flexibility index (Phi) is 5.52. The van der Waals surface area contributed by atoms with Crippen molar-refractivity contribution in [1.82, 2.24) is 9.80 Å². The van der Waals surface area contributed by atoms with Crippen LogP contribution in [0.3, 0.4) is 0 Å². The summed E-state index contributed by atoms with van der Waals surface area (Å²) >= 11 is 6.08. The lowest BCUT2D eigenvalue weighted by Gasteiger charge is -2.39. The molecule has 2 aromatic rings. The highest BCUT2D eigenvalue weighted by Gasteiger charge is 2.33. The van der Waals surface area contributed by atoms with E-state index in [0.717, 1.165) is 16.9 Å². The molecule has 2 heterocycles. The van der Waals surface area contributed by atoms with E-state index < -0.39 is 0 Å². The third-order valence-electron chi connectivity index (χ3n) is 5.51. The van der Waals surface area contributed by atoms with E-state index in [9.17, 15) is 10.1 Å². The van der Waals surface area contributed by atoms with E-state index >= 15 is 0 Å². The summed E-state index contributed by atoms with van der Waals surface area (Å²) in [5.41, 5.74) is 1.99. The molecule has 0 N–H and O–H groups in total. The molecule has 144 valence electrons. The van der Waals surface area contributed by atoms with E-state index in [1.807, 2.05) is 47.4 Å². The number of carbonyl (C=O) groups is 1. The summed E-state index contributed by atoms with van der Waals surface area (Å²) in [5.74, 6) is 0.759. The number of nitriles is 1. The van der Waals surface area contributed by atoms with Crippen molar-refractivity contribution in [2.24, 2.45) is 5.92 Å². The lowest BCUT2D eigenvalue weighted by atomic mass is 9.95. The van der Waals surface area contributed by atoms with Gasteiger partial charge in [-0.3, -0.25) is 9.69 Å².